The van der Waals surface area contributed by atoms with Crippen LogP contribution in [0.3, 0.4) is 0 Å². The van der Waals surface area contributed by atoms with Gasteiger partial charge in [-0.2, -0.15) is 11.8 Å². The summed E-state index contributed by atoms with van der Waals surface area (Å²) < 4.78 is 0.544. The van der Waals surface area contributed by atoms with Crippen molar-refractivity contribution < 1.29 is 0 Å². The van der Waals surface area contributed by atoms with Gasteiger partial charge in [-0.05, 0) is 51.4 Å². The summed E-state index contributed by atoms with van der Waals surface area (Å²) >= 11 is 2.19. The Kier molecular flexibility index (Phi) is 4.57. The molecule has 2 saturated heterocycles. The van der Waals surface area contributed by atoms with E-state index >= 15 is 0 Å². The van der Waals surface area contributed by atoms with Gasteiger partial charge in [-0.3, -0.25) is 0 Å². The molecule has 2 aliphatic rings. The van der Waals surface area contributed by atoms with Crippen molar-refractivity contribution in [3.05, 3.63) is 0 Å². The fourth-order valence-electron chi connectivity index (χ4n) is 2.93. The summed E-state index contributed by atoms with van der Waals surface area (Å²) in [5.74, 6) is 1.37. The average Bonchev–Trinajstić information content (AvgIpc) is 2.56. The highest BCUT2D eigenvalue weighted by molar-refractivity contribution is 8.00. The van der Waals surface area contributed by atoms with Gasteiger partial charge < -0.3 is 10.2 Å². The summed E-state index contributed by atoms with van der Waals surface area (Å²) in [6.07, 6.45) is 5.42. The van der Waals surface area contributed by atoms with Crippen molar-refractivity contribution in [2.75, 3.05) is 31.9 Å². The molecular formula is C13H26N2S. The number of nitrogens with zero attached hydrogens (tertiary/aromatic N) is 1. The van der Waals surface area contributed by atoms with E-state index in [1.54, 1.807) is 0 Å². The van der Waals surface area contributed by atoms with Gasteiger partial charge in [-0.25, -0.2) is 0 Å². The van der Waals surface area contributed by atoms with Crippen molar-refractivity contribution in [3.63, 3.8) is 0 Å². The Bertz CT molecular complexity index is 214. The van der Waals surface area contributed by atoms with Crippen LogP contribution in [-0.2, 0) is 0 Å². The molecule has 0 aromatic heterocycles. The Labute approximate surface area is 105 Å². The van der Waals surface area contributed by atoms with Gasteiger partial charge in [0.25, 0.3) is 0 Å². The van der Waals surface area contributed by atoms with Gasteiger partial charge in [0.1, 0.15) is 0 Å². The van der Waals surface area contributed by atoms with Crippen LogP contribution in [0.5, 0.6) is 0 Å². The van der Waals surface area contributed by atoms with Crippen molar-refractivity contribution in [2.24, 2.45) is 0 Å². The fourth-order valence-corrected chi connectivity index (χ4v) is 4.27. The molecule has 2 unspecified atom stereocenters. The van der Waals surface area contributed by atoms with Crippen LogP contribution in [0.25, 0.3) is 0 Å². The molecule has 0 aromatic carbocycles. The molecule has 2 heterocycles. The minimum Gasteiger partial charge on any atom is -0.313 e. The van der Waals surface area contributed by atoms with Gasteiger partial charge in [0.05, 0.1) is 0 Å². The number of hydrogen-bond donors (Lipinski definition) is 1. The van der Waals surface area contributed by atoms with Crippen molar-refractivity contribution >= 4 is 11.8 Å². The minimum absolute atomic E-state index is 0.544. The first-order valence-electron chi connectivity index (χ1n) is 6.81. The largest absolute Gasteiger partial charge is 0.313 e. The van der Waals surface area contributed by atoms with Crippen LogP contribution in [0.2, 0.25) is 0 Å². The van der Waals surface area contributed by atoms with Crippen LogP contribution in [0.1, 0.15) is 39.5 Å². The van der Waals surface area contributed by atoms with E-state index in [1.165, 1.54) is 57.6 Å². The van der Waals surface area contributed by atoms with Crippen LogP contribution in [0, 0.1) is 0 Å². The third kappa shape index (κ3) is 3.38. The van der Waals surface area contributed by atoms with E-state index in [0.29, 0.717) is 4.75 Å². The van der Waals surface area contributed by atoms with Gasteiger partial charge in [0, 0.05) is 23.9 Å². The van der Waals surface area contributed by atoms with Crippen LogP contribution in [0.15, 0.2) is 0 Å². The highest BCUT2D eigenvalue weighted by atomic mass is 32.2. The Morgan fingerprint density at radius 2 is 2.31 bits per heavy atom. The molecular weight excluding hydrogens is 216 g/mol. The molecule has 0 bridgehead atoms. The number of hydrogen-bond acceptors (Lipinski definition) is 3. The first-order valence-corrected chi connectivity index (χ1v) is 7.80. The Morgan fingerprint density at radius 3 is 3.00 bits per heavy atom. The molecule has 0 saturated carbocycles. The quantitative estimate of drug-likeness (QED) is 0.818. The lowest BCUT2D eigenvalue weighted by Crippen LogP contribution is -2.42. The molecule has 2 atom stereocenters. The third-order valence-electron chi connectivity index (χ3n) is 3.91. The minimum atomic E-state index is 0.544. The molecule has 2 nitrogen and oxygen atoms in total. The van der Waals surface area contributed by atoms with Crippen LogP contribution >= 0.6 is 11.8 Å². The molecule has 0 radical (unpaired) electrons. The van der Waals surface area contributed by atoms with Crippen molar-refractivity contribution in [1.29, 1.82) is 0 Å². The topological polar surface area (TPSA) is 15.3 Å². The maximum atomic E-state index is 3.65. The summed E-state index contributed by atoms with van der Waals surface area (Å²) in [5.41, 5.74) is 0. The second kappa shape index (κ2) is 5.74. The molecule has 16 heavy (non-hydrogen) atoms. The lowest BCUT2D eigenvalue weighted by molar-refractivity contribution is 0.242. The van der Waals surface area contributed by atoms with Crippen LogP contribution in [0.4, 0.5) is 0 Å². The van der Waals surface area contributed by atoms with Gasteiger partial charge in [0.2, 0.25) is 0 Å². The van der Waals surface area contributed by atoms with E-state index in [2.05, 4.69) is 35.8 Å². The zero-order valence-electron chi connectivity index (χ0n) is 10.8. The van der Waals surface area contributed by atoms with E-state index in [4.69, 9.17) is 0 Å². The van der Waals surface area contributed by atoms with Gasteiger partial charge in [0.15, 0.2) is 0 Å². The van der Waals surface area contributed by atoms with Crippen molar-refractivity contribution in [2.45, 2.75) is 50.3 Å². The monoisotopic (exact) mass is 242 g/mol. The zero-order chi connectivity index (χ0) is 11.4. The zero-order valence-corrected chi connectivity index (χ0v) is 11.6. The Hall–Kier alpha value is 0.270. The number of rotatable bonds is 3. The average molecular weight is 242 g/mol. The lowest BCUT2D eigenvalue weighted by atomic mass is 10.0. The maximum absolute atomic E-state index is 3.65. The fraction of sp³-hybridized carbons (Fsp3) is 1.00. The molecule has 1 N–H and O–H groups in total. The predicted molar refractivity (Wildman–Crippen MR) is 73.2 cm³/mol. The molecule has 2 rings (SSSR count). The molecule has 2 aliphatic heterocycles. The van der Waals surface area contributed by atoms with Crippen LogP contribution < -0.4 is 5.32 Å². The van der Waals surface area contributed by atoms with Crippen LogP contribution in [-0.4, -0.2) is 47.6 Å². The van der Waals surface area contributed by atoms with E-state index in [0.717, 1.165) is 6.04 Å². The molecule has 0 aromatic rings. The number of thioether (sulfide) groups is 1. The highest BCUT2D eigenvalue weighted by Crippen LogP contribution is 2.38. The summed E-state index contributed by atoms with van der Waals surface area (Å²) in [6, 6.07) is 0.720. The molecule has 2 fully saturated rings. The Morgan fingerprint density at radius 1 is 1.44 bits per heavy atom. The predicted octanol–water partition coefficient (Wildman–Crippen LogP) is 2.35. The maximum Gasteiger partial charge on any atom is 0.0259 e. The first kappa shape index (κ1) is 12.7. The van der Waals surface area contributed by atoms with Gasteiger partial charge in [-0.1, -0.05) is 6.92 Å². The van der Waals surface area contributed by atoms with E-state index in [1.807, 2.05) is 0 Å². The summed E-state index contributed by atoms with van der Waals surface area (Å²) in [5, 5.41) is 3.65. The van der Waals surface area contributed by atoms with E-state index < -0.39 is 0 Å². The highest BCUT2D eigenvalue weighted by Gasteiger charge is 2.32. The van der Waals surface area contributed by atoms with Gasteiger partial charge >= 0.3 is 0 Å². The second-order valence-corrected chi connectivity index (χ2v) is 7.23. The Balaban J connectivity index is 1.87. The summed E-state index contributed by atoms with van der Waals surface area (Å²) in [6.45, 7) is 9.82. The molecule has 0 spiro atoms. The third-order valence-corrected chi connectivity index (χ3v) is 5.44. The lowest BCUT2D eigenvalue weighted by Gasteiger charge is -2.32. The number of nitrogens with one attached hydrogen (secondary N) is 1. The standard InChI is InChI=1S/C13H26N2S/c1-3-12-10-15(8-5-7-14-12)11-13(2)6-4-9-16-13/h12,14H,3-11H2,1-2H3. The van der Waals surface area contributed by atoms with Crippen molar-refractivity contribution in [3.8, 4) is 0 Å². The summed E-state index contributed by atoms with van der Waals surface area (Å²) in [4.78, 5) is 2.70. The van der Waals surface area contributed by atoms with Crippen molar-refractivity contribution in [1.82, 2.24) is 10.2 Å². The second-order valence-electron chi connectivity index (χ2n) is 5.55. The molecule has 0 aliphatic carbocycles. The molecule has 3 heteroatoms. The smallest absolute Gasteiger partial charge is 0.0259 e. The first-order chi connectivity index (χ1) is 7.72. The van der Waals surface area contributed by atoms with E-state index in [9.17, 15) is 0 Å². The van der Waals surface area contributed by atoms with E-state index in [-0.39, 0.29) is 0 Å². The van der Waals surface area contributed by atoms with Gasteiger partial charge in [-0.15, -0.1) is 0 Å². The normalized spacial score (nSPS) is 37.5. The molecule has 94 valence electrons. The SMILES string of the molecule is CCC1CN(CC2(C)CCCS2)CCCN1. The molecule has 0 amide bonds. The summed E-state index contributed by atoms with van der Waals surface area (Å²) in [7, 11) is 0.